The lowest BCUT2D eigenvalue weighted by Crippen LogP contribution is -2.03. The summed E-state index contributed by atoms with van der Waals surface area (Å²) in [5, 5.41) is 0.986. The monoisotopic (exact) mass is 362 g/mol. The highest BCUT2D eigenvalue weighted by atomic mass is 79.9. The van der Waals surface area contributed by atoms with Crippen LogP contribution in [-0.2, 0) is 13.0 Å². The zero-order chi connectivity index (χ0) is 14.7. The van der Waals surface area contributed by atoms with Gasteiger partial charge in [0.2, 0.25) is 0 Å². The molecule has 3 rings (SSSR count). The number of nitrogens with zero attached hydrogens (tertiary/aromatic N) is 1. The van der Waals surface area contributed by atoms with E-state index in [1.165, 1.54) is 10.3 Å². The Morgan fingerprint density at radius 1 is 1.19 bits per heavy atom. The normalized spacial score (nSPS) is 11.0. The van der Waals surface area contributed by atoms with Crippen molar-refractivity contribution in [3.8, 4) is 5.75 Å². The largest absolute Gasteiger partial charge is 0.486 e. The van der Waals surface area contributed by atoms with Gasteiger partial charge in [-0.15, -0.1) is 11.3 Å². The lowest BCUT2D eigenvalue weighted by atomic mass is 10.1. The topological polar surface area (TPSA) is 48.1 Å². The van der Waals surface area contributed by atoms with Crippen molar-refractivity contribution in [1.82, 2.24) is 4.98 Å². The minimum Gasteiger partial charge on any atom is -0.486 e. The van der Waals surface area contributed by atoms with E-state index in [1.807, 2.05) is 36.4 Å². The number of para-hydroxylation sites is 1. The Hall–Kier alpha value is -1.43. The number of fused-ring (bicyclic) bond motifs is 1. The van der Waals surface area contributed by atoms with E-state index in [-0.39, 0.29) is 0 Å². The van der Waals surface area contributed by atoms with E-state index in [0.29, 0.717) is 13.2 Å². The van der Waals surface area contributed by atoms with Crippen molar-refractivity contribution in [3.05, 3.63) is 57.5 Å². The molecule has 2 N–H and O–H groups in total. The highest BCUT2D eigenvalue weighted by Gasteiger charge is 2.06. The van der Waals surface area contributed by atoms with Gasteiger partial charge in [-0.25, -0.2) is 4.98 Å². The van der Waals surface area contributed by atoms with Crippen LogP contribution in [0.2, 0.25) is 0 Å². The number of aromatic nitrogens is 1. The molecule has 5 heteroatoms. The summed E-state index contributed by atoms with van der Waals surface area (Å²) < 4.78 is 8.11. The summed E-state index contributed by atoms with van der Waals surface area (Å²) in [4.78, 5) is 4.57. The van der Waals surface area contributed by atoms with Crippen molar-refractivity contribution in [2.75, 3.05) is 6.54 Å². The van der Waals surface area contributed by atoms with Gasteiger partial charge in [-0.05, 0) is 48.9 Å². The number of halogens is 1. The Labute approximate surface area is 135 Å². The maximum Gasteiger partial charge on any atom is 0.140 e. The van der Waals surface area contributed by atoms with Gasteiger partial charge < -0.3 is 10.5 Å². The molecule has 0 radical (unpaired) electrons. The fourth-order valence-corrected chi connectivity index (χ4v) is 3.44. The molecule has 108 valence electrons. The molecule has 1 aromatic heterocycles. The summed E-state index contributed by atoms with van der Waals surface area (Å²) >= 11 is 5.20. The number of hydrogen-bond acceptors (Lipinski definition) is 4. The van der Waals surface area contributed by atoms with E-state index in [0.717, 1.165) is 27.2 Å². The first-order chi connectivity index (χ1) is 10.3. The van der Waals surface area contributed by atoms with Crippen LogP contribution in [0.4, 0.5) is 0 Å². The van der Waals surface area contributed by atoms with E-state index < -0.39 is 0 Å². The van der Waals surface area contributed by atoms with Crippen LogP contribution in [0.5, 0.6) is 5.75 Å². The van der Waals surface area contributed by atoms with Crippen LogP contribution in [0.25, 0.3) is 10.2 Å². The number of ether oxygens (including phenoxy) is 1. The van der Waals surface area contributed by atoms with E-state index in [4.69, 9.17) is 10.5 Å². The lowest BCUT2D eigenvalue weighted by Gasteiger charge is -2.08. The smallest absolute Gasteiger partial charge is 0.140 e. The number of rotatable bonds is 5. The van der Waals surface area contributed by atoms with Crippen molar-refractivity contribution >= 4 is 37.5 Å². The lowest BCUT2D eigenvalue weighted by molar-refractivity contribution is 0.305. The summed E-state index contributed by atoms with van der Waals surface area (Å²) in [6.07, 6.45) is 0.832. The predicted octanol–water partition coefficient (Wildman–Crippen LogP) is 4.14. The maximum absolute atomic E-state index is 5.85. The Balaban J connectivity index is 1.73. The average Bonchev–Trinajstić information content (AvgIpc) is 2.91. The molecule has 0 aliphatic carbocycles. The maximum atomic E-state index is 5.85. The van der Waals surface area contributed by atoms with Gasteiger partial charge in [0.15, 0.2) is 0 Å². The molecular formula is C16H15BrN2OS. The van der Waals surface area contributed by atoms with Gasteiger partial charge in [0.1, 0.15) is 17.4 Å². The Kier molecular flexibility index (Phi) is 4.53. The molecule has 0 amide bonds. The van der Waals surface area contributed by atoms with Crippen molar-refractivity contribution in [2.45, 2.75) is 13.0 Å². The Morgan fingerprint density at radius 2 is 2.05 bits per heavy atom. The Bertz CT molecular complexity index is 724. The van der Waals surface area contributed by atoms with Crippen LogP contribution in [0.15, 0.2) is 46.9 Å². The summed E-state index contributed by atoms with van der Waals surface area (Å²) in [7, 11) is 0. The molecule has 0 aliphatic heterocycles. The second-order valence-corrected chi connectivity index (χ2v) is 6.63. The Morgan fingerprint density at radius 3 is 2.86 bits per heavy atom. The summed E-state index contributed by atoms with van der Waals surface area (Å²) in [5.41, 5.74) is 7.81. The number of nitrogens with two attached hydrogens (primary N) is 1. The molecule has 1 heterocycles. The molecule has 3 nitrogen and oxygen atoms in total. The number of thiazole rings is 1. The van der Waals surface area contributed by atoms with Crippen LogP contribution in [0.1, 0.15) is 10.6 Å². The van der Waals surface area contributed by atoms with Gasteiger partial charge >= 0.3 is 0 Å². The molecular weight excluding hydrogens is 348 g/mol. The van der Waals surface area contributed by atoms with Gasteiger partial charge in [-0.2, -0.15) is 0 Å². The number of hydrogen-bond donors (Lipinski definition) is 1. The van der Waals surface area contributed by atoms with Crippen molar-refractivity contribution in [3.63, 3.8) is 0 Å². The van der Waals surface area contributed by atoms with Gasteiger partial charge in [-0.1, -0.05) is 28.1 Å². The van der Waals surface area contributed by atoms with Crippen LogP contribution < -0.4 is 10.5 Å². The van der Waals surface area contributed by atoms with E-state index in [2.05, 4.69) is 27.0 Å². The molecule has 0 unspecified atom stereocenters. The molecule has 2 aromatic carbocycles. The second kappa shape index (κ2) is 6.56. The molecule has 3 aromatic rings. The molecule has 0 saturated heterocycles. The van der Waals surface area contributed by atoms with Crippen LogP contribution in [0.3, 0.4) is 0 Å². The van der Waals surface area contributed by atoms with Crippen molar-refractivity contribution in [1.29, 1.82) is 0 Å². The fraction of sp³-hybridized carbons (Fsp3) is 0.188. The average molecular weight is 363 g/mol. The van der Waals surface area contributed by atoms with E-state index >= 15 is 0 Å². The molecule has 0 bridgehead atoms. The predicted molar refractivity (Wildman–Crippen MR) is 90.9 cm³/mol. The SMILES string of the molecule is NCCc1cc(OCc2nc3ccccc3s2)ccc1Br. The van der Waals surface area contributed by atoms with Gasteiger partial charge in [0.25, 0.3) is 0 Å². The molecule has 0 saturated carbocycles. The summed E-state index contributed by atoms with van der Waals surface area (Å²) in [6.45, 7) is 1.11. The standard InChI is InChI=1S/C16H15BrN2OS/c17-13-6-5-12(9-11(13)7-8-18)20-10-16-19-14-3-1-2-4-15(14)21-16/h1-6,9H,7-8,10,18H2. The van der Waals surface area contributed by atoms with Gasteiger partial charge in [0.05, 0.1) is 10.2 Å². The van der Waals surface area contributed by atoms with Gasteiger partial charge in [-0.3, -0.25) is 0 Å². The quantitative estimate of drug-likeness (QED) is 0.741. The number of benzene rings is 2. The minimum atomic E-state index is 0.489. The minimum absolute atomic E-state index is 0.489. The highest BCUT2D eigenvalue weighted by Crippen LogP contribution is 2.25. The van der Waals surface area contributed by atoms with Crippen molar-refractivity contribution < 1.29 is 4.74 Å². The van der Waals surface area contributed by atoms with Crippen LogP contribution in [0, 0.1) is 0 Å². The van der Waals surface area contributed by atoms with Crippen molar-refractivity contribution in [2.24, 2.45) is 5.73 Å². The van der Waals surface area contributed by atoms with E-state index in [9.17, 15) is 0 Å². The van der Waals surface area contributed by atoms with E-state index in [1.54, 1.807) is 11.3 Å². The summed E-state index contributed by atoms with van der Waals surface area (Å²) in [6, 6.07) is 14.1. The fourth-order valence-electron chi connectivity index (χ4n) is 2.11. The van der Waals surface area contributed by atoms with Crippen LogP contribution in [-0.4, -0.2) is 11.5 Å². The molecule has 0 aliphatic rings. The molecule has 0 spiro atoms. The highest BCUT2D eigenvalue weighted by molar-refractivity contribution is 9.10. The third kappa shape index (κ3) is 3.43. The third-order valence-corrected chi connectivity index (χ3v) is 4.91. The van der Waals surface area contributed by atoms with Crippen LogP contribution >= 0.6 is 27.3 Å². The van der Waals surface area contributed by atoms with Gasteiger partial charge in [0, 0.05) is 4.47 Å². The molecule has 21 heavy (non-hydrogen) atoms. The third-order valence-electron chi connectivity index (χ3n) is 3.13. The molecule has 0 atom stereocenters. The summed E-state index contributed by atoms with van der Waals surface area (Å²) in [5.74, 6) is 0.848. The first-order valence-electron chi connectivity index (χ1n) is 6.72. The molecule has 0 fully saturated rings. The zero-order valence-corrected chi connectivity index (χ0v) is 13.8. The first kappa shape index (κ1) is 14.5. The zero-order valence-electron chi connectivity index (χ0n) is 11.4. The first-order valence-corrected chi connectivity index (χ1v) is 8.33. The second-order valence-electron chi connectivity index (χ2n) is 4.66.